The highest BCUT2D eigenvalue weighted by Gasteiger charge is 2.29. The second-order valence-corrected chi connectivity index (χ2v) is 7.19. The third-order valence-corrected chi connectivity index (χ3v) is 5.56. The molecule has 1 fully saturated rings. The van der Waals surface area contributed by atoms with Crippen molar-refractivity contribution in [3.63, 3.8) is 0 Å². The molecule has 1 aromatic heterocycles. The first-order valence-electron chi connectivity index (χ1n) is 9.52. The Hall–Kier alpha value is -3.61. The molecule has 1 saturated heterocycles. The molecule has 4 rings (SSSR count). The standard InChI is InChI=1S/C23H21N5O/c1-14-18(11-16-3-5-17(6-4-16)28-7-9-29-10-8-28)21-15(2)20(13-25)23(26)27-22(21)19(14)12-24/h3-6,11H,7-10H2,1-2H3,(H2,26,27). The number of rotatable bonds is 2. The van der Waals surface area contributed by atoms with Gasteiger partial charge in [-0.25, -0.2) is 4.98 Å². The lowest BCUT2D eigenvalue weighted by Gasteiger charge is -2.28. The average molecular weight is 383 g/mol. The van der Waals surface area contributed by atoms with Crippen LogP contribution in [0.3, 0.4) is 0 Å². The molecule has 2 aliphatic rings. The van der Waals surface area contributed by atoms with Gasteiger partial charge in [0.1, 0.15) is 18.0 Å². The third-order valence-electron chi connectivity index (χ3n) is 5.56. The summed E-state index contributed by atoms with van der Waals surface area (Å²) >= 11 is 0. The Morgan fingerprint density at radius 2 is 1.79 bits per heavy atom. The predicted octanol–water partition coefficient (Wildman–Crippen LogP) is 3.53. The maximum Gasteiger partial charge on any atom is 0.142 e. The van der Waals surface area contributed by atoms with Crippen LogP contribution in [0.25, 0.3) is 17.2 Å². The van der Waals surface area contributed by atoms with Crippen LogP contribution in [0, 0.1) is 29.6 Å². The van der Waals surface area contributed by atoms with E-state index < -0.39 is 0 Å². The normalized spacial score (nSPS) is 17.2. The molecule has 1 aliphatic carbocycles. The molecule has 0 unspecified atom stereocenters. The fourth-order valence-electron chi connectivity index (χ4n) is 3.97. The van der Waals surface area contributed by atoms with E-state index in [9.17, 15) is 10.5 Å². The first-order valence-corrected chi connectivity index (χ1v) is 9.52. The highest BCUT2D eigenvalue weighted by molar-refractivity contribution is 6.08. The Kier molecular flexibility index (Phi) is 4.80. The lowest BCUT2D eigenvalue weighted by molar-refractivity contribution is 0.122. The van der Waals surface area contributed by atoms with Crippen LogP contribution >= 0.6 is 0 Å². The number of nitriles is 2. The van der Waals surface area contributed by atoms with Crippen LogP contribution < -0.4 is 10.6 Å². The maximum atomic E-state index is 9.66. The molecule has 0 saturated carbocycles. The number of pyridine rings is 1. The third kappa shape index (κ3) is 3.14. The van der Waals surface area contributed by atoms with Crippen LogP contribution in [0.1, 0.15) is 34.9 Å². The van der Waals surface area contributed by atoms with Crippen molar-refractivity contribution in [2.45, 2.75) is 13.8 Å². The summed E-state index contributed by atoms with van der Waals surface area (Å²) in [7, 11) is 0. The Morgan fingerprint density at radius 3 is 2.41 bits per heavy atom. The van der Waals surface area contributed by atoms with Crippen molar-refractivity contribution in [2.75, 3.05) is 36.9 Å². The monoisotopic (exact) mass is 383 g/mol. The zero-order valence-corrected chi connectivity index (χ0v) is 16.5. The molecule has 144 valence electrons. The number of nitrogens with two attached hydrogens (primary N) is 1. The average Bonchev–Trinajstić information content (AvgIpc) is 3.00. The van der Waals surface area contributed by atoms with Gasteiger partial charge in [0, 0.05) is 24.3 Å². The summed E-state index contributed by atoms with van der Waals surface area (Å²) in [6.45, 7) is 7.06. The molecule has 1 aliphatic heterocycles. The van der Waals surface area contributed by atoms with Crippen LogP contribution in [0.15, 0.2) is 29.8 Å². The number of nitrogens with zero attached hydrogens (tertiary/aromatic N) is 4. The van der Waals surface area contributed by atoms with E-state index in [1.54, 1.807) is 0 Å². The number of aromatic nitrogens is 1. The quantitative estimate of drug-likeness (QED) is 0.852. The largest absolute Gasteiger partial charge is 0.383 e. The lowest BCUT2D eigenvalue weighted by atomic mass is 9.95. The van der Waals surface area contributed by atoms with Gasteiger partial charge < -0.3 is 15.4 Å². The van der Waals surface area contributed by atoms with Gasteiger partial charge >= 0.3 is 0 Å². The second-order valence-electron chi connectivity index (χ2n) is 7.19. The fraction of sp³-hybridized carbons (Fsp3) is 0.261. The Labute approximate surface area is 170 Å². The van der Waals surface area contributed by atoms with Crippen molar-refractivity contribution in [3.8, 4) is 12.1 Å². The van der Waals surface area contributed by atoms with Gasteiger partial charge in [0.25, 0.3) is 0 Å². The summed E-state index contributed by atoms with van der Waals surface area (Å²) in [6, 6.07) is 12.7. The van der Waals surface area contributed by atoms with Crippen LogP contribution in [0.4, 0.5) is 11.5 Å². The second kappa shape index (κ2) is 7.43. The number of nitrogen functional groups attached to an aromatic ring is 1. The summed E-state index contributed by atoms with van der Waals surface area (Å²) in [5, 5.41) is 19.1. The van der Waals surface area contributed by atoms with Gasteiger partial charge in [0.15, 0.2) is 0 Å². The molecule has 0 atom stereocenters. The number of allylic oxidation sites excluding steroid dienone is 3. The maximum absolute atomic E-state index is 9.66. The summed E-state index contributed by atoms with van der Waals surface area (Å²) in [5.74, 6) is 0.167. The van der Waals surface area contributed by atoms with Gasteiger partial charge in [-0.1, -0.05) is 12.1 Å². The van der Waals surface area contributed by atoms with Gasteiger partial charge in [-0.3, -0.25) is 0 Å². The minimum Gasteiger partial charge on any atom is -0.383 e. The summed E-state index contributed by atoms with van der Waals surface area (Å²) < 4.78 is 5.42. The SMILES string of the molecule is CC1=C(C#N)c2nc(N)c(C#N)c(C)c2C1=Cc1ccc(N2CCOCC2)cc1. The first-order chi connectivity index (χ1) is 14.0. The van der Waals surface area contributed by atoms with Crippen molar-refractivity contribution >= 4 is 28.7 Å². The molecule has 1 aromatic carbocycles. The first kappa shape index (κ1) is 18.7. The van der Waals surface area contributed by atoms with Crippen molar-refractivity contribution in [3.05, 3.63) is 57.8 Å². The molecule has 0 amide bonds. The molecular formula is C23H21N5O. The van der Waals surface area contributed by atoms with E-state index in [0.29, 0.717) is 16.8 Å². The van der Waals surface area contributed by atoms with Crippen LogP contribution in [0.5, 0.6) is 0 Å². The minimum absolute atomic E-state index is 0.167. The Bertz CT molecular complexity index is 1120. The van der Waals surface area contributed by atoms with Gasteiger partial charge in [-0.15, -0.1) is 0 Å². The number of hydrogen-bond donors (Lipinski definition) is 1. The number of morpholine rings is 1. The Morgan fingerprint density at radius 1 is 1.10 bits per heavy atom. The highest BCUT2D eigenvalue weighted by Crippen LogP contribution is 2.44. The van der Waals surface area contributed by atoms with Crippen molar-refractivity contribution in [1.82, 2.24) is 4.98 Å². The van der Waals surface area contributed by atoms with Gasteiger partial charge in [-0.05, 0) is 54.3 Å². The van der Waals surface area contributed by atoms with E-state index in [0.717, 1.165) is 54.1 Å². The summed E-state index contributed by atoms with van der Waals surface area (Å²) in [5.41, 5.74) is 12.9. The van der Waals surface area contributed by atoms with E-state index in [1.807, 2.05) is 19.9 Å². The molecule has 0 bridgehead atoms. The minimum atomic E-state index is 0.167. The highest BCUT2D eigenvalue weighted by atomic mass is 16.5. The summed E-state index contributed by atoms with van der Waals surface area (Å²) in [6.07, 6.45) is 2.05. The van der Waals surface area contributed by atoms with Crippen LogP contribution in [-0.4, -0.2) is 31.3 Å². The zero-order chi connectivity index (χ0) is 20.5. The van der Waals surface area contributed by atoms with Crippen LogP contribution in [-0.2, 0) is 4.74 Å². The number of ether oxygens (including phenoxy) is 1. The molecule has 29 heavy (non-hydrogen) atoms. The molecule has 6 heteroatoms. The summed E-state index contributed by atoms with van der Waals surface area (Å²) in [4.78, 5) is 6.68. The molecule has 0 radical (unpaired) electrons. The van der Waals surface area contributed by atoms with Gasteiger partial charge in [0.05, 0.1) is 30.0 Å². The number of fused-ring (bicyclic) bond motifs is 1. The molecule has 6 nitrogen and oxygen atoms in total. The van der Waals surface area contributed by atoms with Crippen molar-refractivity contribution in [2.24, 2.45) is 0 Å². The fourth-order valence-corrected chi connectivity index (χ4v) is 3.97. The van der Waals surface area contributed by atoms with E-state index in [1.165, 1.54) is 5.69 Å². The number of hydrogen-bond acceptors (Lipinski definition) is 6. The number of benzene rings is 1. The van der Waals surface area contributed by atoms with Crippen molar-refractivity contribution < 1.29 is 4.74 Å². The van der Waals surface area contributed by atoms with Gasteiger partial charge in [0.2, 0.25) is 0 Å². The Balaban J connectivity index is 1.78. The molecule has 0 spiro atoms. The smallest absolute Gasteiger partial charge is 0.142 e. The van der Waals surface area contributed by atoms with Crippen LogP contribution in [0.2, 0.25) is 0 Å². The van der Waals surface area contributed by atoms with E-state index in [-0.39, 0.29) is 5.82 Å². The molecule has 2 heterocycles. The molecule has 2 N–H and O–H groups in total. The molecule has 2 aromatic rings. The van der Waals surface area contributed by atoms with E-state index in [2.05, 4.69) is 46.3 Å². The molecular weight excluding hydrogens is 362 g/mol. The van der Waals surface area contributed by atoms with E-state index >= 15 is 0 Å². The predicted molar refractivity (Wildman–Crippen MR) is 114 cm³/mol. The topological polar surface area (TPSA) is 99.0 Å². The number of anilines is 2. The lowest BCUT2D eigenvalue weighted by Crippen LogP contribution is -2.36. The van der Waals surface area contributed by atoms with Gasteiger partial charge in [-0.2, -0.15) is 10.5 Å². The van der Waals surface area contributed by atoms with E-state index in [4.69, 9.17) is 10.5 Å². The van der Waals surface area contributed by atoms with Crippen molar-refractivity contribution in [1.29, 1.82) is 10.5 Å². The zero-order valence-electron chi connectivity index (χ0n) is 16.5.